The van der Waals surface area contributed by atoms with Gasteiger partial charge in [0.15, 0.2) is 5.78 Å². The van der Waals surface area contributed by atoms with Gasteiger partial charge in [-0.2, -0.15) is 0 Å². The molecule has 1 aliphatic heterocycles. The number of pyridine rings is 1. The molecular weight excluding hydrogens is 376 g/mol. The van der Waals surface area contributed by atoms with Crippen LogP contribution in [0.3, 0.4) is 0 Å². The number of rotatable bonds is 1. The lowest BCUT2D eigenvalue weighted by Gasteiger charge is -2.29. The van der Waals surface area contributed by atoms with Crippen LogP contribution in [-0.4, -0.2) is 41.5 Å². The molecule has 0 N–H and O–H groups in total. The summed E-state index contributed by atoms with van der Waals surface area (Å²) in [5.41, 5.74) is 5.52. The maximum Gasteiger partial charge on any atom is 0.409 e. The van der Waals surface area contributed by atoms with Gasteiger partial charge in [0.25, 0.3) is 0 Å². The Balaban J connectivity index is 1.80. The van der Waals surface area contributed by atoms with Crippen LogP contribution in [0.1, 0.15) is 46.9 Å². The van der Waals surface area contributed by atoms with Crippen LogP contribution in [0.5, 0.6) is 0 Å². The van der Waals surface area contributed by atoms with Crippen LogP contribution in [-0.2, 0) is 11.2 Å². The van der Waals surface area contributed by atoms with Crippen molar-refractivity contribution < 1.29 is 14.3 Å². The molecule has 6 heteroatoms. The van der Waals surface area contributed by atoms with Crippen molar-refractivity contribution in [2.45, 2.75) is 26.2 Å². The van der Waals surface area contributed by atoms with Crippen molar-refractivity contribution in [3.05, 3.63) is 69.5 Å². The number of hydrogen-bond donors (Lipinski definition) is 0. The Morgan fingerprint density at radius 3 is 2.75 bits per heavy atom. The minimum absolute atomic E-state index is 0.0474. The average Bonchev–Trinajstić information content (AvgIpc) is 2.82. The van der Waals surface area contributed by atoms with Crippen LogP contribution in [0.2, 0.25) is 5.02 Å². The molecule has 0 saturated carbocycles. The standard InChI is InChI=1S/C22H21ClN2O3/c1-2-28-22(27)25-10-7-14(8-11-25)20-17-6-5-16(23)12-15(17)13-19(26)18-4-3-9-24-21(18)20/h3-6,9,12H,2,7-8,10-11,13H2,1H3. The van der Waals surface area contributed by atoms with Crippen LogP contribution in [0.15, 0.2) is 42.1 Å². The molecule has 0 bridgehead atoms. The van der Waals surface area contributed by atoms with E-state index in [0.717, 1.165) is 35.2 Å². The van der Waals surface area contributed by atoms with E-state index >= 15 is 0 Å². The van der Waals surface area contributed by atoms with Gasteiger partial charge in [-0.3, -0.25) is 9.78 Å². The Labute approximate surface area is 169 Å². The number of hydrogen-bond acceptors (Lipinski definition) is 4. The molecular formula is C22H21ClN2O3. The molecule has 2 aliphatic rings. The van der Waals surface area contributed by atoms with E-state index in [9.17, 15) is 9.59 Å². The van der Waals surface area contributed by atoms with E-state index in [1.165, 1.54) is 5.57 Å². The number of ether oxygens (including phenoxy) is 1. The van der Waals surface area contributed by atoms with E-state index < -0.39 is 0 Å². The first-order valence-corrected chi connectivity index (χ1v) is 9.87. The number of amides is 1. The zero-order valence-corrected chi connectivity index (χ0v) is 16.5. The molecule has 0 radical (unpaired) electrons. The van der Waals surface area contributed by atoms with Crippen molar-refractivity contribution in [3.63, 3.8) is 0 Å². The number of fused-ring (bicyclic) bond motifs is 2. The summed E-state index contributed by atoms with van der Waals surface area (Å²) in [5.74, 6) is 0.0474. The van der Waals surface area contributed by atoms with Crippen LogP contribution in [0, 0.1) is 0 Å². The minimum atomic E-state index is -0.270. The topological polar surface area (TPSA) is 59.5 Å². The number of ketones is 1. The van der Waals surface area contributed by atoms with Crippen molar-refractivity contribution in [1.29, 1.82) is 0 Å². The Morgan fingerprint density at radius 1 is 1.21 bits per heavy atom. The van der Waals surface area contributed by atoms with Gasteiger partial charge in [0.05, 0.1) is 12.3 Å². The number of Topliss-reactive ketones (excluding diaryl/α,β-unsaturated/α-hetero) is 1. The molecule has 1 amide bonds. The van der Waals surface area contributed by atoms with E-state index in [0.29, 0.717) is 36.7 Å². The molecule has 1 aromatic heterocycles. The molecule has 0 atom stereocenters. The Kier molecular flexibility index (Phi) is 5.18. The molecule has 2 heterocycles. The number of nitrogens with zero attached hydrogens (tertiary/aromatic N) is 2. The zero-order valence-electron chi connectivity index (χ0n) is 15.7. The number of halogens is 1. The molecule has 1 aromatic carbocycles. The van der Waals surface area contributed by atoms with Crippen molar-refractivity contribution in [2.75, 3.05) is 19.7 Å². The van der Waals surface area contributed by atoms with E-state index in [1.807, 2.05) is 31.2 Å². The highest BCUT2D eigenvalue weighted by molar-refractivity contribution is 6.30. The Morgan fingerprint density at radius 2 is 2.00 bits per heavy atom. The van der Waals surface area contributed by atoms with E-state index in [-0.39, 0.29) is 11.9 Å². The maximum atomic E-state index is 12.8. The third-order valence-electron chi connectivity index (χ3n) is 5.28. The quantitative estimate of drug-likeness (QED) is 0.710. The summed E-state index contributed by atoms with van der Waals surface area (Å²) in [7, 11) is 0. The molecule has 2 aromatic rings. The summed E-state index contributed by atoms with van der Waals surface area (Å²) >= 11 is 6.21. The number of piperidine rings is 1. The minimum Gasteiger partial charge on any atom is -0.450 e. The fourth-order valence-electron chi connectivity index (χ4n) is 3.96. The summed E-state index contributed by atoms with van der Waals surface area (Å²) in [5, 5.41) is 0.618. The van der Waals surface area contributed by atoms with Crippen molar-refractivity contribution in [2.24, 2.45) is 0 Å². The first-order valence-electron chi connectivity index (χ1n) is 9.49. The fourth-order valence-corrected chi connectivity index (χ4v) is 4.15. The molecule has 5 nitrogen and oxygen atoms in total. The van der Waals surface area contributed by atoms with Crippen LogP contribution < -0.4 is 0 Å². The lowest BCUT2D eigenvalue weighted by molar-refractivity contribution is 0.0992. The van der Waals surface area contributed by atoms with Gasteiger partial charge < -0.3 is 9.64 Å². The first-order chi connectivity index (χ1) is 13.6. The van der Waals surface area contributed by atoms with Gasteiger partial charge in [0.2, 0.25) is 0 Å². The number of benzene rings is 1. The zero-order chi connectivity index (χ0) is 19.7. The summed E-state index contributed by atoms with van der Waals surface area (Å²) in [4.78, 5) is 31.2. The molecule has 144 valence electrons. The number of aromatic nitrogens is 1. The lowest BCUT2D eigenvalue weighted by Crippen LogP contribution is -2.37. The Hall–Kier alpha value is -2.66. The summed E-state index contributed by atoms with van der Waals surface area (Å²) in [6, 6.07) is 9.34. The van der Waals surface area contributed by atoms with E-state index in [4.69, 9.17) is 16.3 Å². The van der Waals surface area contributed by atoms with E-state index in [1.54, 1.807) is 17.2 Å². The van der Waals surface area contributed by atoms with Crippen LogP contribution in [0.25, 0.3) is 5.57 Å². The summed E-state index contributed by atoms with van der Waals surface area (Å²) in [6.45, 7) is 3.37. The van der Waals surface area contributed by atoms with Gasteiger partial charge in [0, 0.05) is 41.9 Å². The molecule has 0 unspecified atom stereocenters. The third-order valence-corrected chi connectivity index (χ3v) is 5.51. The lowest BCUT2D eigenvalue weighted by atomic mass is 9.88. The van der Waals surface area contributed by atoms with Crippen LogP contribution >= 0.6 is 11.6 Å². The average molecular weight is 397 g/mol. The molecule has 0 spiro atoms. The number of likely N-dealkylation sites (tertiary alicyclic amines) is 1. The predicted molar refractivity (Wildman–Crippen MR) is 108 cm³/mol. The van der Waals surface area contributed by atoms with Crippen LogP contribution in [0.4, 0.5) is 4.79 Å². The Bertz CT molecular complexity index is 973. The highest BCUT2D eigenvalue weighted by atomic mass is 35.5. The normalized spacial score (nSPS) is 16.4. The SMILES string of the molecule is CCOC(=O)N1CCC(=C2c3ccc(Cl)cc3CC(=O)c3cccnc32)CC1. The fraction of sp³-hybridized carbons (Fsp3) is 0.318. The second-order valence-electron chi connectivity index (χ2n) is 6.97. The van der Waals surface area contributed by atoms with Crippen molar-refractivity contribution in [3.8, 4) is 0 Å². The first kappa shape index (κ1) is 18.7. The largest absolute Gasteiger partial charge is 0.450 e. The highest BCUT2D eigenvalue weighted by Gasteiger charge is 2.29. The summed E-state index contributed by atoms with van der Waals surface area (Å²) in [6.07, 6.45) is 3.20. The smallest absolute Gasteiger partial charge is 0.409 e. The summed E-state index contributed by atoms with van der Waals surface area (Å²) < 4.78 is 5.12. The van der Waals surface area contributed by atoms with Crippen molar-refractivity contribution in [1.82, 2.24) is 9.88 Å². The van der Waals surface area contributed by atoms with Gasteiger partial charge in [-0.05, 0) is 55.2 Å². The number of carbonyl (C=O) groups is 2. The number of carbonyl (C=O) groups excluding carboxylic acids is 2. The molecule has 4 rings (SSSR count). The molecule has 28 heavy (non-hydrogen) atoms. The van der Waals surface area contributed by atoms with Gasteiger partial charge in [-0.15, -0.1) is 0 Å². The third kappa shape index (κ3) is 3.42. The molecule has 1 saturated heterocycles. The maximum absolute atomic E-state index is 12.8. The molecule has 1 aliphatic carbocycles. The second-order valence-corrected chi connectivity index (χ2v) is 7.40. The predicted octanol–water partition coefficient (Wildman–Crippen LogP) is 4.53. The second kappa shape index (κ2) is 7.76. The van der Waals surface area contributed by atoms with Gasteiger partial charge in [-0.1, -0.05) is 23.2 Å². The van der Waals surface area contributed by atoms with E-state index in [2.05, 4.69) is 4.98 Å². The molecule has 1 fully saturated rings. The van der Waals surface area contributed by atoms with Gasteiger partial charge in [-0.25, -0.2) is 4.79 Å². The van der Waals surface area contributed by atoms with Crippen molar-refractivity contribution >= 4 is 29.1 Å². The van der Waals surface area contributed by atoms with Gasteiger partial charge in [0.1, 0.15) is 0 Å². The monoisotopic (exact) mass is 396 g/mol. The highest BCUT2D eigenvalue weighted by Crippen LogP contribution is 2.38. The van der Waals surface area contributed by atoms with Gasteiger partial charge >= 0.3 is 6.09 Å².